The van der Waals surface area contributed by atoms with Gasteiger partial charge in [0.1, 0.15) is 5.82 Å². The number of rotatable bonds is 7. The Balaban J connectivity index is 1.76. The fourth-order valence-corrected chi connectivity index (χ4v) is 3.12. The molecule has 0 saturated heterocycles. The maximum Gasteiger partial charge on any atom is 0.254 e. The summed E-state index contributed by atoms with van der Waals surface area (Å²) in [6.07, 6.45) is 1.69. The van der Waals surface area contributed by atoms with E-state index < -0.39 is 0 Å². The van der Waals surface area contributed by atoms with Crippen LogP contribution in [0, 0.1) is 0 Å². The van der Waals surface area contributed by atoms with Crippen LogP contribution in [-0.2, 0) is 6.54 Å². The quantitative estimate of drug-likeness (QED) is 0.611. The third kappa shape index (κ3) is 4.97. The van der Waals surface area contributed by atoms with Crippen LogP contribution < -0.4 is 5.32 Å². The zero-order valence-corrected chi connectivity index (χ0v) is 16.7. The van der Waals surface area contributed by atoms with Gasteiger partial charge in [-0.25, -0.2) is 4.98 Å². The second-order valence-electron chi connectivity index (χ2n) is 7.22. The van der Waals surface area contributed by atoms with E-state index in [4.69, 9.17) is 0 Å². The molecule has 0 aliphatic rings. The highest BCUT2D eigenvalue weighted by Gasteiger charge is 2.20. The number of hydrogen-bond donors (Lipinski definition) is 1. The maximum absolute atomic E-state index is 13.2. The van der Waals surface area contributed by atoms with Crippen molar-refractivity contribution in [2.75, 3.05) is 5.32 Å². The predicted octanol–water partition coefficient (Wildman–Crippen LogP) is 5.31. The van der Waals surface area contributed by atoms with Crippen molar-refractivity contribution >= 4 is 11.7 Å². The highest BCUT2D eigenvalue weighted by atomic mass is 16.2. The molecule has 0 fully saturated rings. The number of carbonyl (C=O) groups excluding carboxylic acids is 1. The number of anilines is 1. The third-order valence-corrected chi connectivity index (χ3v) is 4.75. The average Bonchev–Trinajstić information content (AvgIpc) is 2.73. The Bertz CT molecular complexity index is 894. The lowest BCUT2D eigenvalue weighted by Crippen LogP contribution is -2.36. The van der Waals surface area contributed by atoms with Crippen LogP contribution in [0.25, 0.3) is 0 Å². The first kappa shape index (κ1) is 19.6. The van der Waals surface area contributed by atoms with E-state index >= 15 is 0 Å². The maximum atomic E-state index is 13.2. The van der Waals surface area contributed by atoms with Crippen molar-refractivity contribution in [2.45, 2.75) is 39.4 Å². The van der Waals surface area contributed by atoms with Crippen molar-refractivity contribution in [1.82, 2.24) is 9.88 Å². The van der Waals surface area contributed by atoms with Gasteiger partial charge in [-0.3, -0.25) is 4.79 Å². The molecule has 1 N–H and O–H groups in total. The second kappa shape index (κ2) is 9.18. The van der Waals surface area contributed by atoms with Crippen LogP contribution in [0.3, 0.4) is 0 Å². The first-order chi connectivity index (χ1) is 13.5. The van der Waals surface area contributed by atoms with Crippen molar-refractivity contribution in [3.8, 4) is 0 Å². The molecule has 144 valence electrons. The monoisotopic (exact) mass is 373 g/mol. The molecule has 1 atom stereocenters. The summed E-state index contributed by atoms with van der Waals surface area (Å²) in [4.78, 5) is 19.4. The van der Waals surface area contributed by atoms with Crippen LogP contribution >= 0.6 is 0 Å². The minimum atomic E-state index is 0.0108. The smallest absolute Gasteiger partial charge is 0.254 e. The van der Waals surface area contributed by atoms with E-state index in [-0.39, 0.29) is 18.0 Å². The molecular weight excluding hydrogens is 346 g/mol. The Kier molecular flexibility index (Phi) is 6.43. The van der Waals surface area contributed by atoms with Crippen LogP contribution in [-0.4, -0.2) is 21.8 Å². The highest BCUT2D eigenvalue weighted by Crippen LogP contribution is 2.20. The van der Waals surface area contributed by atoms with Gasteiger partial charge in [-0.15, -0.1) is 0 Å². The SMILES string of the molecule is CC(Nc1cc(C(=O)N(Cc2ccccc2)C(C)C)ccn1)c1ccccc1. The van der Waals surface area contributed by atoms with Gasteiger partial charge in [0.25, 0.3) is 5.91 Å². The number of aromatic nitrogens is 1. The van der Waals surface area contributed by atoms with Gasteiger partial charge in [-0.1, -0.05) is 60.7 Å². The van der Waals surface area contributed by atoms with E-state index in [1.54, 1.807) is 12.3 Å². The number of carbonyl (C=O) groups is 1. The lowest BCUT2D eigenvalue weighted by Gasteiger charge is -2.27. The first-order valence-corrected chi connectivity index (χ1v) is 9.67. The van der Waals surface area contributed by atoms with Crippen LogP contribution in [0.1, 0.15) is 48.3 Å². The predicted molar refractivity (Wildman–Crippen MR) is 114 cm³/mol. The summed E-state index contributed by atoms with van der Waals surface area (Å²) in [5.41, 5.74) is 2.94. The summed E-state index contributed by atoms with van der Waals surface area (Å²) in [7, 11) is 0. The minimum Gasteiger partial charge on any atom is -0.364 e. The normalized spacial score (nSPS) is 11.9. The standard InChI is InChI=1S/C24H27N3O/c1-18(2)27(17-20-10-6-4-7-11-20)24(28)22-14-15-25-23(16-22)26-19(3)21-12-8-5-9-13-21/h4-16,18-19H,17H2,1-3H3,(H,25,26). The molecule has 0 spiro atoms. The van der Waals surface area contributed by atoms with Crippen molar-refractivity contribution in [1.29, 1.82) is 0 Å². The summed E-state index contributed by atoms with van der Waals surface area (Å²) in [5, 5.41) is 3.39. The van der Waals surface area contributed by atoms with Crippen molar-refractivity contribution < 1.29 is 4.79 Å². The number of hydrogen-bond acceptors (Lipinski definition) is 3. The molecule has 0 saturated carbocycles. The zero-order chi connectivity index (χ0) is 19.9. The number of benzene rings is 2. The highest BCUT2D eigenvalue weighted by molar-refractivity contribution is 5.95. The number of pyridine rings is 1. The Labute approximate surface area is 167 Å². The Morgan fingerprint density at radius 1 is 0.964 bits per heavy atom. The topological polar surface area (TPSA) is 45.2 Å². The lowest BCUT2D eigenvalue weighted by atomic mass is 10.1. The van der Waals surface area contributed by atoms with Gasteiger partial charge in [-0.05, 0) is 44.0 Å². The van der Waals surface area contributed by atoms with Gasteiger partial charge >= 0.3 is 0 Å². The average molecular weight is 374 g/mol. The molecule has 4 heteroatoms. The van der Waals surface area contributed by atoms with Crippen LogP contribution in [0.2, 0.25) is 0 Å². The molecule has 1 amide bonds. The summed E-state index contributed by atoms with van der Waals surface area (Å²) < 4.78 is 0. The van der Waals surface area contributed by atoms with E-state index in [1.807, 2.05) is 73.3 Å². The van der Waals surface area contributed by atoms with E-state index in [0.717, 1.165) is 5.56 Å². The first-order valence-electron chi connectivity index (χ1n) is 9.67. The Morgan fingerprint density at radius 3 is 2.25 bits per heavy atom. The van der Waals surface area contributed by atoms with Crippen molar-refractivity contribution in [3.05, 3.63) is 95.7 Å². The van der Waals surface area contributed by atoms with Gasteiger partial charge in [0.15, 0.2) is 0 Å². The van der Waals surface area contributed by atoms with E-state index in [9.17, 15) is 4.79 Å². The molecule has 0 aliphatic heterocycles. The van der Waals surface area contributed by atoms with Crippen LogP contribution in [0.15, 0.2) is 79.0 Å². The molecule has 4 nitrogen and oxygen atoms in total. The molecule has 28 heavy (non-hydrogen) atoms. The van der Waals surface area contributed by atoms with Gasteiger partial charge < -0.3 is 10.2 Å². The fraction of sp³-hybridized carbons (Fsp3) is 0.250. The second-order valence-corrected chi connectivity index (χ2v) is 7.22. The van der Waals surface area contributed by atoms with Crippen molar-refractivity contribution in [2.24, 2.45) is 0 Å². The van der Waals surface area contributed by atoms with Crippen molar-refractivity contribution in [3.63, 3.8) is 0 Å². The van der Waals surface area contributed by atoms with Gasteiger partial charge in [-0.2, -0.15) is 0 Å². The third-order valence-electron chi connectivity index (χ3n) is 4.75. The van der Waals surface area contributed by atoms with E-state index in [0.29, 0.717) is 17.9 Å². The summed E-state index contributed by atoms with van der Waals surface area (Å²) in [6, 6.07) is 24.1. The van der Waals surface area contributed by atoms with Gasteiger partial charge in [0, 0.05) is 30.4 Å². The number of amides is 1. The summed E-state index contributed by atoms with van der Waals surface area (Å²) in [5.74, 6) is 0.710. The van der Waals surface area contributed by atoms with Gasteiger partial charge in [0.05, 0.1) is 0 Å². The van der Waals surface area contributed by atoms with E-state index in [1.165, 1.54) is 5.56 Å². The van der Waals surface area contributed by atoms with E-state index in [2.05, 4.69) is 29.4 Å². The molecule has 3 aromatic rings. The lowest BCUT2D eigenvalue weighted by molar-refractivity contribution is 0.0690. The molecule has 1 aromatic heterocycles. The molecular formula is C24H27N3O. The number of nitrogens with zero attached hydrogens (tertiary/aromatic N) is 2. The largest absolute Gasteiger partial charge is 0.364 e. The molecule has 0 aliphatic carbocycles. The number of nitrogens with one attached hydrogen (secondary N) is 1. The molecule has 2 aromatic carbocycles. The Morgan fingerprint density at radius 2 is 1.61 bits per heavy atom. The Hall–Kier alpha value is -3.14. The summed E-state index contributed by atoms with van der Waals surface area (Å²) in [6.45, 7) is 6.75. The molecule has 1 unspecified atom stereocenters. The molecule has 0 bridgehead atoms. The van der Waals surface area contributed by atoms with Crippen LogP contribution in [0.4, 0.5) is 5.82 Å². The fourth-order valence-electron chi connectivity index (χ4n) is 3.12. The minimum absolute atomic E-state index is 0.0108. The zero-order valence-electron chi connectivity index (χ0n) is 16.7. The molecule has 1 heterocycles. The van der Waals surface area contributed by atoms with Crippen LogP contribution in [0.5, 0.6) is 0 Å². The van der Waals surface area contributed by atoms with Gasteiger partial charge in [0.2, 0.25) is 0 Å². The molecule has 0 radical (unpaired) electrons. The summed E-state index contributed by atoms with van der Waals surface area (Å²) >= 11 is 0. The molecule has 3 rings (SSSR count).